The standard InChI is InChI=1S/C17H27NO/c1-3-19-13-14(2)18-17-11-9-16(10-12-17)15-7-5-4-6-8-15/h4-8,14,16-18H,3,9-13H2,1-2H3. The first kappa shape index (κ1) is 14.5. The van der Waals surface area contributed by atoms with Gasteiger partial charge in [0.15, 0.2) is 0 Å². The molecule has 0 heterocycles. The van der Waals surface area contributed by atoms with Crippen molar-refractivity contribution in [3.05, 3.63) is 35.9 Å². The van der Waals surface area contributed by atoms with Gasteiger partial charge >= 0.3 is 0 Å². The van der Waals surface area contributed by atoms with Gasteiger partial charge in [-0.1, -0.05) is 30.3 Å². The van der Waals surface area contributed by atoms with Crippen LogP contribution in [0.2, 0.25) is 0 Å². The first-order chi connectivity index (χ1) is 9.29. The Labute approximate surface area is 117 Å². The molecule has 1 aromatic rings. The third-order valence-corrected chi connectivity index (χ3v) is 4.09. The Kier molecular flexibility index (Phi) is 5.87. The summed E-state index contributed by atoms with van der Waals surface area (Å²) < 4.78 is 5.46. The number of hydrogen-bond donors (Lipinski definition) is 1. The van der Waals surface area contributed by atoms with Gasteiger partial charge in [0, 0.05) is 18.7 Å². The maximum absolute atomic E-state index is 5.46. The molecule has 2 heteroatoms. The molecule has 2 rings (SSSR count). The summed E-state index contributed by atoms with van der Waals surface area (Å²) in [6, 6.07) is 12.1. The molecule has 0 aromatic heterocycles. The molecule has 1 N–H and O–H groups in total. The Morgan fingerprint density at radius 2 is 1.84 bits per heavy atom. The predicted molar refractivity (Wildman–Crippen MR) is 80.5 cm³/mol. The monoisotopic (exact) mass is 261 g/mol. The molecule has 1 saturated carbocycles. The van der Waals surface area contributed by atoms with Crippen LogP contribution in [0.4, 0.5) is 0 Å². The lowest BCUT2D eigenvalue weighted by Gasteiger charge is -2.31. The molecule has 0 amide bonds. The minimum atomic E-state index is 0.471. The van der Waals surface area contributed by atoms with E-state index in [1.165, 1.54) is 31.2 Å². The fourth-order valence-corrected chi connectivity index (χ4v) is 3.06. The third-order valence-electron chi connectivity index (χ3n) is 4.09. The molecule has 1 fully saturated rings. The minimum Gasteiger partial charge on any atom is -0.380 e. The van der Waals surface area contributed by atoms with Crippen LogP contribution in [0.1, 0.15) is 51.0 Å². The van der Waals surface area contributed by atoms with Gasteiger partial charge in [0.2, 0.25) is 0 Å². The molecule has 19 heavy (non-hydrogen) atoms. The van der Waals surface area contributed by atoms with Crippen molar-refractivity contribution in [1.82, 2.24) is 5.32 Å². The summed E-state index contributed by atoms with van der Waals surface area (Å²) in [6.45, 7) is 5.92. The van der Waals surface area contributed by atoms with Crippen LogP contribution >= 0.6 is 0 Å². The Morgan fingerprint density at radius 1 is 1.16 bits per heavy atom. The Bertz CT molecular complexity index is 344. The first-order valence-corrected chi connectivity index (χ1v) is 7.68. The summed E-state index contributed by atoms with van der Waals surface area (Å²) in [5.41, 5.74) is 1.52. The predicted octanol–water partition coefficient (Wildman–Crippen LogP) is 3.73. The van der Waals surface area contributed by atoms with Crippen molar-refractivity contribution in [1.29, 1.82) is 0 Å². The van der Waals surface area contributed by atoms with E-state index in [9.17, 15) is 0 Å². The maximum atomic E-state index is 5.46. The van der Waals surface area contributed by atoms with Crippen LogP contribution in [-0.4, -0.2) is 25.3 Å². The van der Waals surface area contributed by atoms with Crippen molar-refractivity contribution in [3.8, 4) is 0 Å². The van der Waals surface area contributed by atoms with E-state index in [0.717, 1.165) is 19.1 Å². The molecule has 1 atom stereocenters. The first-order valence-electron chi connectivity index (χ1n) is 7.68. The fourth-order valence-electron chi connectivity index (χ4n) is 3.06. The van der Waals surface area contributed by atoms with Crippen LogP contribution in [0, 0.1) is 0 Å². The molecule has 2 nitrogen and oxygen atoms in total. The highest BCUT2D eigenvalue weighted by Gasteiger charge is 2.22. The normalized spacial score (nSPS) is 25.2. The molecular weight excluding hydrogens is 234 g/mol. The minimum absolute atomic E-state index is 0.471. The van der Waals surface area contributed by atoms with Crippen molar-refractivity contribution < 1.29 is 4.74 Å². The highest BCUT2D eigenvalue weighted by molar-refractivity contribution is 5.20. The van der Waals surface area contributed by atoms with Gasteiger partial charge in [0.1, 0.15) is 0 Å². The van der Waals surface area contributed by atoms with Gasteiger partial charge < -0.3 is 10.1 Å². The zero-order chi connectivity index (χ0) is 13.5. The molecule has 1 aliphatic rings. The number of benzene rings is 1. The number of rotatable bonds is 6. The van der Waals surface area contributed by atoms with Gasteiger partial charge in [0.05, 0.1) is 6.61 Å². The van der Waals surface area contributed by atoms with E-state index in [4.69, 9.17) is 4.74 Å². The third kappa shape index (κ3) is 4.63. The summed E-state index contributed by atoms with van der Waals surface area (Å²) >= 11 is 0. The quantitative estimate of drug-likeness (QED) is 0.842. The Morgan fingerprint density at radius 3 is 2.47 bits per heavy atom. The SMILES string of the molecule is CCOCC(C)NC1CCC(c2ccccc2)CC1. The summed E-state index contributed by atoms with van der Waals surface area (Å²) in [7, 11) is 0. The lowest BCUT2D eigenvalue weighted by molar-refractivity contribution is 0.120. The number of nitrogens with one attached hydrogen (secondary N) is 1. The van der Waals surface area contributed by atoms with E-state index in [1.807, 2.05) is 0 Å². The molecule has 0 aliphatic heterocycles. The largest absolute Gasteiger partial charge is 0.380 e. The molecule has 1 aromatic carbocycles. The van der Waals surface area contributed by atoms with Crippen LogP contribution < -0.4 is 5.32 Å². The van der Waals surface area contributed by atoms with Gasteiger partial charge in [-0.2, -0.15) is 0 Å². The van der Waals surface area contributed by atoms with Crippen LogP contribution in [0.25, 0.3) is 0 Å². The van der Waals surface area contributed by atoms with E-state index >= 15 is 0 Å². The Balaban J connectivity index is 1.73. The number of hydrogen-bond acceptors (Lipinski definition) is 2. The summed E-state index contributed by atoms with van der Waals surface area (Å²) in [5.74, 6) is 0.765. The van der Waals surface area contributed by atoms with Gasteiger partial charge in [-0.15, -0.1) is 0 Å². The van der Waals surface area contributed by atoms with E-state index in [-0.39, 0.29) is 0 Å². The van der Waals surface area contributed by atoms with E-state index in [1.54, 1.807) is 0 Å². The van der Waals surface area contributed by atoms with Crippen LogP contribution in [0.5, 0.6) is 0 Å². The molecule has 0 radical (unpaired) electrons. The maximum Gasteiger partial charge on any atom is 0.0616 e. The van der Waals surface area contributed by atoms with Crippen molar-refractivity contribution >= 4 is 0 Å². The highest BCUT2D eigenvalue weighted by Crippen LogP contribution is 2.32. The smallest absolute Gasteiger partial charge is 0.0616 e. The van der Waals surface area contributed by atoms with Crippen LogP contribution in [-0.2, 0) is 4.74 Å². The molecule has 0 saturated heterocycles. The van der Waals surface area contributed by atoms with E-state index in [0.29, 0.717) is 12.1 Å². The van der Waals surface area contributed by atoms with Crippen molar-refractivity contribution in [2.75, 3.05) is 13.2 Å². The molecule has 1 aliphatic carbocycles. The second-order valence-corrected chi connectivity index (χ2v) is 5.69. The zero-order valence-corrected chi connectivity index (χ0v) is 12.3. The van der Waals surface area contributed by atoms with Crippen molar-refractivity contribution in [2.24, 2.45) is 0 Å². The van der Waals surface area contributed by atoms with Crippen LogP contribution in [0.3, 0.4) is 0 Å². The Hall–Kier alpha value is -0.860. The van der Waals surface area contributed by atoms with Gasteiger partial charge in [-0.25, -0.2) is 0 Å². The summed E-state index contributed by atoms with van der Waals surface area (Å²) in [5, 5.41) is 3.70. The fraction of sp³-hybridized carbons (Fsp3) is 0.647. The van der Waals surface area contributed by atoms with Gasteiger partial charge in [0.25, 0.3) is 0 Å². The average Bonchev–Trinajstić information content (AvgIpc) is 2.47. The van der Waals surface area contributed by atoms with E-state index in [2.05, 4.69) is 49.5 Å². The summed E-state index contributed by atoms with van der Waals surface area (Å²) in [4.78, 5) is 0. The number of ether oxygens (including phenoxy) is 1. The van der Waals surface area contributed by atoms with Crippen molar-refractivity contribution in [3.63, 3.8) is 0 Å². The zero-order valence-electron chi connectivity index (χ0n) is 12.3. The molecular formula is C17H27NO. The van der Waals surface area contributed by atoms with Gasteiger partial charge in [-0.05, 0) is 51.0 Å². The van der Waals surface area contributed by atoms with Crippen molar-refractivity contribution in [2.45, 2.75) is 57.5 Å². The molecule has 1 unspecified atom stereocenters. The second kappa shape index (κ2) is 7.66. The lowest BCUT2D eigenvalue weighted by Crippen LogP contribution is -2.41. The molecule has 0 spiro atoms. The average molecular weight is 261 g/mol. The second-order valence-electron chi connectivity index (χ2n) is 5.69. The van der Waals surface area contributed by atoms with Gasteiger partial charge in [-0.3, -0.25) is 0 Å². The lowest BCUT2D eigenvalue weighted by atomic mass is 9.81. The molecule has 0 bridgehead atoms. The molecule has 106 valence electrons. The topological polar surface area (TPSA) is 21.3 Å². The summed E-state index contributed by atoms with van der Waals surface area (Å²) in [6.07, 6.45) is 5.19. The van der Waals surface area contributed by atoms with Crippen LogP contribution in [0.15, 0.2) is 30.3 Å². The highest BCUT2D eigenvalue weighted by atomic mass is 16.5. The van der Waals surface area contributed by atoms with E-state index < -0.39 is 0 Å².